The van der Waals surface area contributed by atoms with Crippen molar-refractivity contribution in [2.24, 2.45) is 0 Å². The first kappa shape index (κ1) is 39.5. The lowest BCUT2D eigenvalue weighted by molar-refractivity contribution is -0.927. The van der Waals surface area contributed by atoms with Gasteiger partial charge in [0.1, 0.15) is 13.1 Å². The molecule has 0 aromatic heterocycles. The number of rotatable bonds is 20. The van der Waals surface area contributed by atoms with Crippen LogP contribution in [0.2, 0.25) is 0 Å². The van der Waals surface area contributed by atoms with Crippen LogP contribution in [0.15, 0.2) is 0 Å². The molecule has 0 atom stereocenters. The molecule has 0 fully saturated rings. The molecule has 16 heteroatoms. The Hall–Kier alpha value is -0.680. The summed E-state index contributed by atoms with van der Waals surface area (Å²) in [6.07, 6.45) is 16.5. The summed E-state index contributed by atoms with van der Waals surface area (Å²) in [6, 6.07) is 0. The summed E-state index contributed by atoms with van der Waals surface area (Å²) < 4.78 is 110. The molecule has 0 heterocycles. The molecule has 0 saturated heterocycles. The van der Waals surface area contributed by atoms with Crippen LogP contribution in [0.3, 0.4) is 0 Å². The van der Waals surface area contributed by atoms with Crippen LogP contribution in [0.1, 0.15) is 90.9 Å². The molecule has 0 aliphatic heterocycles. The fraction of sp³-hybridized carbons (Fsp3) is 1.00. The Balaban J connectivity index is 0. The van der Waals surface area contributed by atoms with Crippen molar-refractivity contribution >= 4 is 20.0 Å². The van der Waals surface area contributed by atoms with Crippen LogP contribution in [0.25, 0.3) is 4.13 Å². The lowest BCUT2D eigenvalue weighted by Gasteiger charge is -2.37. The van der Waals surface area contributed by atoms with Gasteiger partial charge in [-0.25, -0.2) is 16.8 Å². The van der Waals surface area contributed by atoms with Crippen LogP contribution in [-0.2, 0) is 20.0 Å². The van der Waals surface area contributed by atoms with Gasteiger partial charge in [-0.2, -0.15) is 26.3 Å². The maximum absolute atomic E-state index is 11.4. The minimum absolute atomic E-state index is 0.228. The molecule has 0 bridgehead atoms. The van der Waals surface area contributed by atoms with E-state index in [0.717, 1.165) is 34.8 Å². The van der Waals surface area contributed by atoms with Gasteiger partial charge in [0.2, 0.25) is 0 Å². The Labute approximate surface area is 223 Å². The summed E-state index contributed by atoms with van der Waals surface area (Å²) >= 11 is 0. The number of aliphatic hydroxyl groups is 2. The fourth-order valence-corrected chi connectivity index (χ4v) is 5.45. The molecule has 0 aromatic carbocycles. The van der Waals surface area contributed by atoms with Crippen LogP contribution in [0.5, 0.6) is 0 Å². The van der Waals surface area contributed by atoms with E-state index in [-0.39, 0.29) is 13.2 Å². The molecule has 38 heavy (non-hydrogen) atoms. The standard InChI is InChI=1S/C20H44NO2.C2F6NO4S2/c1-3-5-6-7-8-9-10-11-12-13-14-15-16-21(4-2,17-19-22)18-20-23;3-1(4,5)14(10,11)9-15(12,13)2(6,7)8/h22-23H,3-20H2,1-2H3;/q+1;-1. The average molecular weight is 611 g/mol. The Bertz CT molecular complexity index is 758. The molecule has 232 valence electrons. The Morgan fingerprint density at radius 2 is 0.895 bits per heavy atom. The van der Waals surface area contributed by atoms with Gasteiger partial charge in [-0.15, -0.1) is 0 Å². The molecular formula is C22H44F6N2O6S2. The summed E-state index contributed by atoms with van der Waals surface area (Å²) in [5.74, 6) is 0. The summed E-state index contributed by atoms with van der Waals surface area (Å²) in [4.78, 5) is 0. The quantitative estimate of drug-likeness (QED) is 0.106. The third kappa shape index (κ3) is 17.1. The number of alkyl halides is 6. The van der Waals surface area contributed by atoms with Crippen molar-refractivity contribution in [3.8, 4) is 0 Å². The van der Waals surface area contributed by atoms with E-state index in [1.54, 1.807) is 0 Å². The number of nitrogens with zero attached hydrogens (tertiary/aromatic N) is 2. The molecule has 0 spiro atoms. The molecule has 0 aromatic rings. The van der Waals surface area contributed by atoms with Gasteiger partial charge in [0.15, 0.2) is 20.0 Å². The van der Waals surface area contributed by atoms with Gasteiger partial charge >= 0.3 is 11.0 Å². The third-order valence-electron chi connectivity index (χ3n) is 6.09. The lowest BCUT2D eigenvalue weighted by Crippen LogP contribution is -2.52. The minimum atomic E-state index is -6.72. The van der Waals surface area contributed by atoms with E-state index in [1.165, 1.54) is 77.0 Å². The van der Waals surface area contributed by atoms with Gasteiger partial charge in [0, 0.05) is 0 Å². The predicted molar refractivity (Wildman–Crippen MR) is 134 cm³/mol. The van der Waals surface area contributed by atoms with E-state index in [2.05, 4.69) is 13.8 Å². The first-order chi connectivity index (χ1) is 17.4. The van der Waals surface area contributed by atoms with Gasteiger partial charge in [0.05, 0.1) is 26.3 Å². The van der Waals surface area contributed by atoms with Gasteiger partial charge in [-0.1, -0.05) is 71.1 Å². The molecule has 2 N–H and O–H groups in total. The van der Waals surface area contributed by atoms with E-state index in [4.69, 9.17) is 0 Å². The largest absolute Gasteiger partial charge is 0.480 e. The van der Waals surface area contributed by atoms with Crippen molar-refractivity contribution in [2.75, 3.05) is 39.4 Å². The number of likely N-dealkylation sites (N-methyl/N-ethyl adjacent to an activating group) is 1. The van der Waals surface area contributed by atoms with Crippen molar-refractivity contribution in [2.45, 2.75) is 102 Å². The number of quaternary nitrogens is 1. The van der Waals surface area contributed by atoms with Gasteiger partial charge in [-0.3, -0.25) is 0 Å². The van der Waals surface area contributed by atoms with Crippen molar-refractivity contribution in [3.63, 3.8) is 0 Å². The maximum atomic E-state index is 11.4. The second kappa shape index (κ2) is 19.4. The Kier molecular flexibility index (Phi) is 20.2. The second-order valence-electron chi connectivity index (χ2n) is 9.08. The highest BCUT2D eigenvalue weighted by Gasteiger charge is 2.46. The van der Waals surface area contributed by atoms with Crippen molar-refractivity contribution < 1.29 is 57.9 Å². The van der Waals surface area contributed by atoms with Crippen molar-refractivity contribution in [3.05, 3.63) is 4.13 Å². The van der Waals surface area contributed by atoms with Crippen LogP contribution in [-0.4, -0.2) is 81.9 Å². The lowest BCUT2D eigenvalue weighted by atomic mass is 10.0. The Morgan fingerprint density at radius 1 is 0.579 bits per heavy atom. The third-order valence-corrected chi connectivity index (χ3v) is 8.83. The number of sulfonamides is 2. The van der Waals surface area contributed by atoms with E-state index in [0.29, 0.717) is 0 Å². The van der Waals surface area contributed by atoms with Crippen LogP contribution >= 0.6 is 0 Å². The maximum Gasteiger partial charge on any atom is 0.480 e. The Morgan fingerprint density at radius 3 is 1.16 bits per heavy atom. The van der Waals surface area contributed by atoms with Crippen molar-refractivity contribution in [1.82, 2.24) is 0 Å². The number of hydrogen-bond donors (Lipinski definition) is 2. The first-order valence-corrected chi connectivity index (χ1v) is 15.8. The second-order valence-corrected chi connectivity index (χ2v) is 12.5. The van der Waals surface area contributed by atoms with Crippen LogP contribution in [0, 0.1) is 0 Å². The molecule has 0 aliphatic rings. The number of hydrogen-bond acceptors (Lipinski definition) is 6. The number of halogens is 6. The van der Waals surface area contributed by atoms with E-state index in [9.17, 15) is 53.4 Å². The highest BCUT2D eigenvalue weighted by molar-refractivity contribution is 8.13. The fourth-order valence-electron chi connectivity index (χ4n) is 3.74. The monoisotopic (exact) mass is 610 g/mol. The predicted octanol–water partition coefficient (Wildman–Crippen LogP) is 5.57. The molecular weight excluding hydrogens is 566 g/mol. The number of aliphatic hydroxyl groups excluding tert-OH is 2. The van der Waals surface area contributed by atoms with Gasteiger partial charge in [0.25, 0.3) is 0 Å². The molecule has 0 amide bonds. The first-order valence-electron chi connectivity index (χ1n) is 12.9. The molecule has 8 nitrogen and oxygen atoms in total. The van der Waals surface area contributed by atoms with E-state index in [1.807, 2.05) is 0 Å². The molecule has 0 rings (SSSR count). The zero-order valence-electron chi connectivity index (χ0n) is 22.2. The highest BCUT2D eigenvalue weighted by atomic mass is 32.3. The van der Waals surface area contributed by atoms with Crippen LogP contribution < -0.4 is 0 Å². The average Bonchev–Trinajstić information content (AvgIpc) is 2.78. The zero-order chi connectivity index (χ0) is 29.9. The minimum Gasteiger partial charge on any atom is -0.421 e. The van der Waals surface area contributed by atoms with Gasteiger partial charge in [-0.05, 0) is 19.8 Å². The smallest absolute Gasteiger partial charge is 0.421 e. The summed E-state index contributed by atoms with van der Waals surface area (Å²) in [7, 11) is -13.4. The SMILES string of the molecule is CCCCCCCCCCCCCC[N+](CC)(CCO)CCO.O=S(=O)([N-]S(=O)(=O)C(F)(F)F)C(F)(F)F. The highest BCUT2D eigenvalue weighted by Crippen LogP contribution is 2.36. The van der Waals surface area contributed by atoms with Gasteiger partial charge < -0.3 is 18.8 Å². The molecule has 0 saturated carbocycles. The summed E-state index contributed by atoms with van der Waals surface area (Å²) in [5.41, 5.74) is -12.4. The molecule has 0 aliphatic carbocycles. The molecule has 0 unspecified atom stereocenters. The summed E-state index contributed by atoms with van der Waals surface area (Å²) in [5, 5.41) is 18.5. The normalized spacial score (nSPS) is 13.3. The topological polar surface area (TPSA) is 123 Å². The number of unbranched alkanes of at least 4 members (excludes halogenated alkanes) is 11. The zero-order valence-corrected chi connectivity index (χ0v) is 23.9. The summed E-state index contributed by atoms with van der Waals surface area (Å²) in [6.45, 7) is 8.60. The molecule has 0 radical (unpaired) electrons. The van der Waals surface area contributed by atoms with E-state index < -0.39 is 31.1 Å². The van der Waals surface area contributed by atoms with Crippen molar-refractivity contribution in [1.29, 1.82) is 0 Å². The van der Waals surface area contributed by atoms with Crippen LogP contribution in [0.4, 0.5) is 26.3 Å². The van der Waals surface area contributed by atoms with E-state index >= 15 is 0 Å².